The molecule has 0 N–H and O–H groups in total. The van der Waals surface area contributed by atoms with Gasteiger partial charge in [-0.1, -0.05) is 41.4 Å². The molecule has 0 spiro atoms. The van der Waals surface area contributed by atoms with Crippen molar-refractivity contribution in [1.82, 2.24) is 4.90 Å². The maximum atomic E-state index is 12.1. The van der Waals surface area contributed by atoms with Crippen LogP contribution in [-0.4, -0.2) is 34.9 Å². The molecule has 19 heavy (non-hydrogen) atoms. The smallest absolute Gasteiger partial charge is 0.416 e. The van der Waals surface area contributed by atoms with E-state index in [2.05, 4.69) is 22.0 Å². The molecule has 1 rings (SSSR count). The maximum Gasteiger partial charge on any atom is 0.416 e. The number of hydrogen-bond acceptors (Lipinski definition) is 3. The summed E-state index contributed by atoms with van der Waals surface area (Å²) in [6.45, 7) is 6.36. The Morgan fingerprint density at radius 3 is 2.79 bits per heavy atom. The van der Waals surface area contributed by atoms with Gasteiger partial charge in [-0.3, -0.25) is 4.79 Å². The third-order valence-electron chi connectivity index (χ3n) is 3.33. The molecule has 1 fully saturated rings. The van der Waals surface area contributed by atoms with Crippen molar-refractivity contribution in [2.75, 3.05) is 11.9 Å². The first-order chi connectivity index (χ1) is 8.97. The van der Waals surface area contributed by atoms with Crippen molar-refractivity contribution >= 4 is 27.9 Å². The lowest BCUT2D eigenvalue weighted by Gasteiger charge is -2.22. The van der Waals surface area contributed by atoms with E-state index < -0.39 is 6.09 Å². The molecule has 1 heterocycles. The zero-order valence-corrected chi connectivity index (χ0v) is 13.4. The van der Waals surface area contributed by atoms with Crippen molar-refractivity contribution in [3.05, 3.63) is 11.6 Å². The van der Waals surface area contributed by atoms with Crippen molar-refractivity contribution in [2.24, 2.45) is 5.92 Å². The third-order valence-corrected chi connectivity index (χ3v) is 3.66. The van der Waals surface area contributed by atoms with Gasteiger partial charge in [0, 0.05) is 11.8 Å². The van der Waals surface area contributed by atoms with Crippen molar-refractivity contribution in [3.8, 4) is 0 Å². The van der Waals surface area contributed by atoms with E-state index in [4.69, 9.17) is 4.74 Å². The first-order valence-corrected chi connectivity index (χ1v) is 7.80. The molecule has 0 aromatic carbocycles. The lowest BCUT2D eigenvalue weighted by Crippen LogP contribution is -2.41. The predicted octanol–water partition coefficient (Wildman–Crippen LogP) is 3.50. The molecule has 1 saturated heterocycles. The van der Waals surface area contributed by atoms with Gasteiger partial charge in [0.25, 0.3) is 0 Å². The summed E-state index contributed by atoms with van der Waals surface area (Å²) in [4.78, 5) is 25.0. The quantitative estimate of drug-likeness (QED) is 0.552. The largest absolute Gasteiger partial charge is 0.447 e. The van der Waals surface area contributed by atoms with Gasteiger partial charge in [-0.15, -0.1) is 0 Å². The molecule has 0 bridgehead atoms. The number of carbonyl (C=O) groups is 2. The zero-order chi connectivity index (χ0) is 14.4. The number of carbonyl (C=O) groups excluding carboxylic acids is 2. The SMILES string of the molecule is C/C(=C/CBr)CCCC(=O)N1C(=O)OC[C@@H]1C(C)C. The van der Waals surface area contributed by atoms with Crippen molar-refractivity contribution in [2.45, 2.75) is 46.1 Å². The van der Waals surface area contributed by atoms with Gasteiger partial charge in [0.05, 0.1) is 6.04 Å². The number of amides is 2. The Kier molecular flexibility index (Phi) is 6.55. The number of alkyl halides is 1. The number of cyclic esters (lactones) is 1. The molecule has 0 saturated carbocycles. The minimum absolute atomic E-state index is 0.112. The Morgan fingerprint density at radius 2 is 2.21 bits per heavy atom. The van der Waals surface area contributed by atoms with E-state index in [0.717, 1.165) is 18.2 Å². The van der Waals surface area contributed by atoms with E-state index in [-0.39, 0.29) is 17.9 Å². The number of rotatable bonds is 6. The molecule has 0 unspecified atom stereocenters. The van der Waals surface area contributed by atoms with Gasteiger partial charge in [0.1, 0.15) is 6.61 Å². The number of hydrogen-bond donors (Lipinski definition) is 0. The third kappa shape index (κ3) is 4.64. The van der Waals surface area contributed by atoms with Crippen molar-refractivity contribution < 1.29 is 14.3 Å². The summed E-state index contributed by atoms with van der Waals surface area (Å²) in [6, 6.07) is -0.112. The highest BCUT2D eigenvalue weighted by Crippen LogP contribution is 2.21. The molecule has 108 valence electrons. The molecule has 5 heteroatoms. The molecule has 0 aliphatic carbocycles. The number of ether oxygens (including phenoxy) is 1. The summed E-state index contributed by atoms with van der Waals surface area (Å²) in [5, 5.41) is 0.834. The Labute approximate surface area is 123 Å². The second-order valence-corrected chi connectivity index (χ2v) is 5.86. The predicted molar refractivity (Wildman–Crippen MR) is 78.2 cm³/mol. The summed E-state index contributed by atoms with van der Waals surface area (Å²) >= 11 is 3.34. The summed E-state index contributed by atoms with van der Waals surface area (Å²) in [5.74, 6) is 0.110. The van der Waals surface area contributed by atoms with E-state index in [0.29, 0.717) is 13.0 Å². The molecule has 0 aromatic heterocycles. The van der Waals surface area contributed by atoms with Crippen LogP contribution in [-0.2, 0) is 9.53 Å². The van der Waals surface area contributed by atoms with Gasteiger partial charge in [0.15, 0.2) is 0 Å². The average molecular weight is 332 g/mol. The minimum atomic E-state index is -0.489. The molecular formula is C14H22BrNO3. The number of allylic oxidation sites excluding steroid dienone is 2. The van der Waals surface area contributed by atoms with Crippen LogP contribution >= 0.6 is 15.9 Å². The Bertz CT molecular complexity index is 366. The Morgan fingerprint density at radius 1 is 1.53 bits per heavy atom. The summed E-state index contributed by atoms with van der Waals surface area (Å²) in [5.41, 5.74) is 1.26. The van der Waals surface area contributed by atoms with E-state index in [9.17, 15) is 9.59 Å². The van der Waals surface area contributed by atoms with Crippen molar-refractivity contribution in [1.29, 1.82) is 0 Å². The van der Waals surface area contributed by atoms with Crippen LogP contribution < -0.4 is 0 Å². The summed E-state index contributed by atoms with van der Waals surface area (Å²) in [7, 11) is 0. The second kappa shape index (κ2) is 7.68. The molecule has 1 aliphatic heterocycles. The minimum Gasteiger partial charge on any atom is -0.447 e. The molecule has 1 atom stereocenters. The normalized spacial score (nSPS) is 20.1. The van der Waals surface area contributed by atoms with E-state index in [1.807, 2.05) is 20.8 Å². The highest BCUT2D eigenvalue weighted by Gasteiger charge is 2.38. The van der Waals surface area contributed by atoms with E-state index in [1.165, 1.54) is 10.5 Å². The highest BCUT2D eigenvalue weighted by atomic mass is 79.9. The summed E-state index contributed by atoms with van der Waals surface area (Å²) in [6.07, 6.45) is 3.64. The highest BCUT2D eigenvalue weighted by molar-refractivity contribution is 9.09. The standard InChI is InChI=1S/C14H22BrNO3/c1-10(2)12-9-19-14(18)16(12)13(17)6-4-5-11(3)7-8-15/h7,10,12H,4-6,8-9H2,1-3H3/b11-7-/t12-/m1/s1. The zero-order valence-electron chi connectivity index (χ0n) is 11.8. The first-order valence-electron chi connectivity index (χ1n) is 6.67. The molecule has 1 aliphatic rings. The van der Waals surface area contributed by atoms with Crippen molar-refractivity contribution in [3.63, 3.8) is 0 Å². The van der Waals surface area contributed by atoms with Gasteiger partial charge >= 0.3 is 6.09 Å². The average Bonchev–Trinajstić information content (AvgIpc) is 2.71. The van der Waals surface area contributed by atoms with Gasteiger partial charge in [-0.25, -0.2) is 9.69 Å². The molecule has 0 radical (unpaired) electrons. The number of halogens is 1. The lowest BCUT2D eigenvalue weighted by atomic mass is 10.0. The second-order valence-electron chi connectivity index (χ2n) is 5.21. The molecule has 0 aromatic rings. The Hall–Kier alpha value is -0.840. The van der Waals surface area contributed by atoms with Crippen LogP contribution in [0, 0.1) is 5.92 Å². The number of nitrogens with zero attached hydrogens (tertiary/aromatic N) is 1. The van der Waals surface area contributed by atoms with Gasteiger partial charge in [-0.05, 0) is 25.7 Å². The van der Waals surface area contributed by atoms with E-state index >= 15 is 0 Å². The van der Waals surface area contributed by atoms with Crippen LogP contribution in [0.3, 0.4) is 0 Å². The van der Waals surface area contributed by atoms with Crippen LogP contribution in [0.15, 0.2) is 11.6 Å². The fraction of sp³-hybridized carbons (Fsp3) is 0.714. The van der Waals surface area contributed by atoms with Crippen LogP contribution in [0.4, 0.5) is 4.79 Å². The molecule has 2 amide bonds. The fourth-order valence-corrected chi connectivity index (χ4v) is 2.64. The van der Waals surface area contributed by atoms with Gasteiger partial charge < -0.3 is 4.74 Å². The maximum absolute atomic E-state index is 12.1. The number of imide groups is 1. The Balaban J connectivity index is 2.48. The van der Waals surface area contributed by atoms with Crippen LogP contribution in [0.25, 0.3) is 0 Å². The topological polar surface area (TPSA) is 46.6 Å². The first kappa shape index (κ1) is 16.2. The van der Waals surface area contributed by atoms with Gasteiger partial charge in [0.2, 0.25) is 5.91 Å². The molecular weight excluding hydrogens is 310 g/mol. The summed E-state index contributed by atoms with van der Waals surface area (Å²) < 4.78 is 4.98. The van der Waals surface area contributed by atoms with Crippen LogP contribution in [0.5, 0.6) is 0 Å². The fourth-order valence-electron chi connectivity index (χ4n) is 2.09. The molecule has 4 nitrogen and oxygen atoms in total. The van der Waals surface area contributed by atoms with Gasteiger partial charge in [-0.2, -0.15) is 0 Å². The van der Waals surface area contributed by atoms with Crippen LogP contribution in [0.2, 0.25) is 0 Å². The monoisotopic (exact) mass is 331 g/mol. The lowest BCUT2D eigenvalue weighted by molar-refractivity contribution is -0.129. The van der Waals surface area contributed by atoms with E-state index in [1.54, 1.807) is 0 Å². The van der Waals surface area contributed by atoms with Crippen LogP contribution in [0.1, 0.15) is 40.0 Å².